The van der Waals surface area contributed by atoms with Gasteiger partial charge < -0.3 is 9.30 Å². The molecule has 0 unspecified atom stereocenters. The third-order valence-corrected chi connectivity index (χ3v) is 5.31. The first kappa shape index (κ1) is 20.2. The summed E-state index contributed by atoms with van der Waals surface area (Å²) in [6.45, 7) is 0.612. The van der Waals surface area contributed by atoms with Crippen LogP contribution < -0.4 is 0 Å². The predicted octanol–water partition coefficient (Wildman–Crippen LogP) is 6.53. The molecular weight excluding hydrogens is 419 g/mol. The van der Waals surface area contributed by atoms with Crippen LogP contribution in [0.3, 0.4) is 0 Å². The van der Waals surface area contributed by atoms with E-state index in [2.05, 4.69) is 21.7 Å². The predicted molar refractivity (Wildman–Crippen MR) is 123 cm³/mol. The molecule has 4 nitrogen and oxygen atoms in total. The summed E-state index contributed by atoms with van der Waals surface area (Å²) in [4.78, 5) is 16.4. The molecule has 0 bridgehead atoms. The number of methoxy groups -OCH3 is 1. The minimum atomic E-state index is -0.345. The van der Waals surface area contributed by atoms with Crippen LogP contribution in [0.1, 0.15) is 21.5 Å². The zero-order valence-electron chi connectivity index (χ0n) is 16.2. The Hall–Kier alpha value is -3.08. The van der Waals surface area contributed by atoms with Crippen molar-refractivity contribution in [2.24, 2.45) is 4.99 Å². The minimum absolute atomic E-state index is 0.345. The van der Waals surface area contributed by atoms with Crippen LogP contribution in [0.2, 0.25) is 10.0 Å². The molecule has 0 atom stereocenters. The van der Waals surface area contributed by atoms with Crippen molar-refractivity contribution in [1.82, 2.24) is 4.57 Å². The molecule has 0 aliphatic carbocycles. The van der Waals surface area contributed by atoms with Crippen molar-refractivity contribution in [2.75, 3.05) is 7.11 Å². The van der Waals surface area contributed by atoms with Gasteiger partial charge >= 0.3 is 5.97 Å². The molecule has 0 N–H and O–H groups in total. The summed E-state index contributed by atoms with van der Waals surface area (Å²) >= 11 is 12.2. The second-order valence-corrected chi connectivity index (χ2v) is 7.62. The Balaban J connectivity index is 1.69. The molecule has 150 valence electrons. The molecule has 1 heterocycles. The van der Waals surface area contributed by atoms with E-state index in [4.69, 9.17) is 27.9 Å². The van der Waals surface area contributed by atoms with E-state index in [9.17, 15) is 4.79 Å². The quantitative estimate of drug-likeness (QED) is 0.263. The number of ether oxygens (including phenoxy) is 1. The molecule has 1 aromatic heterocycles. The van der Waals surface area contributed by atoms with Gasteiger partial charge in [-0.05, 0) is 42.0 Å². The van der Waals surface area contributed by atoms with Gasteiger partial charge in [0.05, 0.1) is 23.4 Å². The summed E-state index contributed by atoms with van der Waals surface area (Å²) < 4.78 is 6.96. The Morgan fingerprint density at radius 1 is 1.07 bits per heavy atom. The average Bonchev–Trinajstić information content (AvgIpc) is 3.10. The van der Waals surface area contributed by atoms with Crippen molar-refractivity contribution in [3.63, 3.8) is 0 Å². The molecule has 6 heteroatoms. The number of rotatable bonds is 5. The smallest absolute Gasteiger partial charge is 0.337 e. The molecule has 30 heavy (non-hydrogen) atoms. The first-order valence-electron chi connectivity index (χ1n) is 9.29. The highest BCUT2D eigenvalue weighted by molar-refractivity contribution is 6.36. The molecule has 4 aromatic rings. The number of halogens is 2. The molecule has 0 saturated carbocycles. The highest BCUT2D eigenvalue weighted by Crippen LogP contribution is 2.28. The normalized spacial score (nSPS) is 11.3. The van der Waals surface area contributed by atoms with E-state index in [0.717, 1.165) is 22.0 Å². The monoisotopic (exact) mass is 436 g/mol. The van der Waals surface area contributed by atoms with Crippen molar-refractivity contribution in [3.8, 4) is 0 Å². The second-order valence-electron chi connectivity index (χ2n) is 6.78. The third-order valence-electron chi connectivity index (χ3n) is 4.77. The van der Waals surface area contributed by atoms with E-state index in [-0.39, 0.29) is 5.97 Å². The van der Waals surface area contributed by atoms with Gasteiger partial charge in [-0.25, -0.2) is 4.79 Å². The highest BCUT2D eigenvalue weighted by atomic mass is 35.5. The van der Waals surface area contributed by atoms with E-state index in [1.165, 1.54) is 7.11 Å². The molecule has 0 aliphatic rings. The number of carbonyl (C=O) groups is 1. The maximum absolute atomic E-state index is 11.8. The third kappa shape index (κ3) is 4.25. The van der Waals surface area contributed by atoms with Crippen LogP contribution in [0, 0.1) is 0 Å². The fraction of sp³-hybridized carbons (Fsp3) is 0.0833. The maximum Gasteiger partial charge on any atom is 0.337 e. The van der Waals surface area contributed by atoms with Crippen molar-refractivity contribution in [2.45, 2.75) is 6.54 Å². The van der Waals surface area contributed by atoms with Crippen molar-refractivity contribution >= 4 is 52.0 Å². The molecule has 3 aromatic carbocycles. The number of hydrogen-bond acceptors (Lipinski definition) is 3. The summed E-state index contributed by atoms with van der Waals surface area (Å²) in [6, 6.07) is 20.8. The first-order valence-corrected chi connectivity index (χ1v) is 10.0. The SMILES string of the molecule is COC(=O)c1cccc(Cn2cc(C=Nc3ccc(Cl)cc3Cl)c3ccccc32)c1. The van der Waals surface area contributed by atoms with Crippen molar-refractivity contribution < 1.29 is 9.53 Å². The van der Waals surface area contributed by atoms with Gasteiger partial charge in [0.1, 0.15) is 0 Å². The lowest BCUT2D eigenvalue weighted by atomic mass is 10.1. The molecule has 0 aliphatic heterocycles. The van der Waals surface area contributed by atoms with Gasteiger partial charge in [-0.2, -0.15) is 0 Å². The van der Waals surface area contributed by atoms with Crippen LogP contribution in [0.5, 0.6) is 0 Å². The van der Waals surface area contributed by atoms with Gasteiger partial charge in [-0.15, -0.1) is 0 Å². The maximum atomic E-state index is 11.8. The molecule has 0 spiro atoms. The van der Waals surface area contributed by atoms with Gasteiger partial charge in [-0.3, -0.25) is 4.99 Å². The van der Waals surface area contributed by atoms with Crippen molar-refractivity contribution in [3.05, 3.63) is 99.7 Å². The lowest BCUT2D eigenvalue weighted by molar-refractivity contribution is 0.0600. The zero-order chi connectivity index (χ0) is 21.1. The lowest BCUT2D eigenvalue weighted by Gasteiger charge is -2.07. The van der Waals surface area contributed by atoms with Gasteiger partial charge in [0.2, 0.25) is 0 Å². The largest absolute Gasteiger partial charge is 0.465 e. The fourth-order valence-corrected chi connectivity index (χ4v) is 3.80. The minimum Gasteiger partial charge on any atom is -0.465 e. The number of fused-ring (bicyclic) bond motifs is 1. The first-order chi connectivity index (χ1) is 14.5. The second kappa shape index (κ2) is 8.74. The van der Waals surface area contributed by atoms with Gasteiger partial charge in [-0.1, -0.05) is 53.5 Å². The number of benzene rings is 3. The Morgan fingerprint density at radius 3 is 2.70 bits per heavy atom. The molecule has 0 amide bonds. The number of nitrogens with zero attached hydrogens (tertiary/aromatic N) is 2. The summed E-state index contributed by atoms with van der Waals surface area (Å²) in [7, 11) is 1.38. The summed E-state index contributed by atoms with van der Waals surface area (Å²) in [5.74, 6) is -0.345. The standard InChI is InChI=1S/C24H18Cl2N2O2/c1-30-24(29)17-6-4-5-16(11-17)14-28-15-18(20-7-2-3-8-23(20)28)13-27-22-10-9-19(25)12-21(22)26/h2-13,15H,14H2,1H3. The Bertz CT molecular complexity index is 1260. The molecular formula is C24H18Cl2N2O2. The van der Waals surface area contributed by atoms with Crippen LogP contribution in [0.4, 0.5) is 5.69 Å². The Labute approximate surface area is 184 Å². The highest BCUT2D eigenvalue weighted by Gasteiger charge is 2.10. The van der Waals surface area contributed by atoms with Gasteiger partial charge in [0.25, 0.3) is 0 Å². The molecule has 4 rings (SSSR count). The summed E-state index contributed by atoms with van der Waals surface area (Å²) in [6.07, 6.45) is 3.85. The number of para-hydroxylation sites is 1. The van der Waals surface area contributed by atoms with E-state index in [0.29, 0.717) is 27.8 Å². The van der Waals surface area contributed by atoms with E-state index >= 15 is 0 Å². The van der Waals surface area contributed by atoms with Crippen LogP contribution in [-0.4, -0.2) is 23.9 Å². The number of hydrogen-bond donors (Lipinski definition) is 0. The van der Waals surface area contributed by atoms with Crippen molar-refractivity contribution in [1.29, 1.82) is 0 Å². The number of carbonyl (C=O) groups excluding carboxylic acids is 1. The van der Waals surface area contributed by atoms with Gasteiger partial charge in [0, 0.05) is 40.4 Å². The number of aromatic nitrogens is 1. The summed E-state index contributed by atoms with van der Waals surface area (Å²) in [5.41, 5.74) is 4.24. The van der Waals surface area contributed by atoms with Crippen LogP contribution in [0.15, 0.2) is 77.9 Å². The zero-order valence-corrected chi connectivity index (χ0v) is 17.7. The molecule has 0 fully saturated rings. The van der Waals surface area contributed by atoms with Crippen LogP contribution >= 0.6 is 23.2 Å². The Kier molecular flexibility index (Phi) is 5.88. The lowest BCUT2D eigenvalue weighted by Crippen LogP contribution is -2.03. The number of aliphatic imine (C=N–C) groups is 1. The average molecular weight is 437 g/mol. The van der Waals surface area contributed by atoms with Crippen LogP contribution in [0.25, 0.3) is 10.9 Å². The fourth-order valence-electron chi connectivity index (χ4n) is 3.35. The summed E-state index contributed by atoms with van der Waals surface area (Å²) in [5, 5.41) is 2.15. The van der Waals surface area contributed by atoms with Gasteiger partial charge in [0.15, 0.2) is 0 Å². The topological polar surface area (TPSA) is 43.6 Å². The Morgan fingerprint density at radius 2 is 1.90 bits per heavy atom. The van der Waals surface area contributed by atoms with Crippen LogP contribution in [-0.2, 0) is 11.3 Å². The molecule has 0 radical (unpaired) electrons. The molecule has 0 saturated heterocycles. The number of esters is 1. The van der Waals surface area contributed by atoms with E-state index < -0.39 is 0 Å². The van der Waals surface area contributed by atoms with E-state index in [1.807, 2.05) is 36.5 Å². The van der Waals surface area contributed by atoms with E-state index in [1.54, 1.807) is 30.5 Å².